The summed E-state index contributed by atoms with van der Waals surface area (Å²) in [6.07, 6.45) is 3.83. The number of pyridine rings is 1. The number of hydrogen-bond donors (Lipinski definition) is 1. The van der Waals surface area contributed by atoms with E-state index in [4.69, 9.17) is 14.0 Å². The van der Waals surface area contributed by atoms with E-state index in [-0.39, 0.29) is 18.3 Å². The number of aromatic nitrogens is 1. The second-order valence-corrected chi connectivity index (χ2v) is 6.87. The van der Waals surface area contributed by atoms with Crippen molar-refractivity contribution in [2.75, 3.05) is 12.9 Å². The van der Waals surface area contributed by atoms with Gasteiger partial charge in [-0.25, -0.2) is 4.98 Å². The van der Waals surface area contributed by atoms with Crippen LogP contribution in [0.1, 0.15) is 38.8 Å². The Bertz CT molecular complexity index is 571. The second kappa shape index (κ2) is 6.26. The van der Waals surface area contributed by atoms with E-state index in [0.29, 0.717) is 11.6 Å². The minimum Gasteiger partial charge on any atom is -0.481 e. The van der Waals surface area contributed by atoms with Crippen LogP contribution >= 0.6 is 12.6 Å². The smallest absolute Gasteiger partial charge is 0.481 e. The summed E-state index contributed by atoms with van der Waals surface area (Å²) in [7, 11) is 1.23. The Morgan fingerprint density at radius 3 is 2.36 bits per heavy atom. The third-order valence-corrected chi connectivity index (χ3v) is 4.78. The van der Waals surface area contributed by atoms with Crippen LogP contribution in [0.4, 0.5) is 0 Å². The van der Waals surface area contributed by atoms with Gasteiger partial charge in [-0.2, -0.15) is 12.6 Å². The maximum atomic E-state index is 6.09. The Morgan fingerprint density at radius 2 is 1.91 bits per heavy atom. The number of ether oxygens (including phenoxy) is 1. The summed E-state index contributed by atoms with van der Waals surface area (Å²) in [6.45, 7) is 10.2. The van der Waals surface area contributed by atoms with Crippen molar-refractivity contribution in [3.63, 3.8) is 0 Å². The molecule has 120 valence electrons. The molecule has 0 saturated carbocycles. The first-order valence-electron chi connectivity index (χ1n) is 7.38. The summed E-state index contributed by atoms with van der Waals surface area (Å²) in [5.74, 6) is 1.17. The van der Waals surface area contributed by atoms with Crippen molar-refractivity contribution in [2.24, 2.45) is 0 Å². The van der Waals surface area contributed by atoms with Crippen LogP contribution in [0.2, 0.25) is 0 Å². The van der Waals surface area contributed by atoms with E-state index in [2.05, 4.69) is 17.6 Å². The first-order valence-corrected chi connectivity index (χ1v) is 8.01. The molecule has 4 nitrogen and oxygen atoms in total. The third kappa shape index (κ3) is 3.34. The van der Waals surface area contributed by atoms with Gasteiger partial charge in [0.25, 0.3) is 0 Å². The standard InChI is InChI=1S/C16H24BNO3S/c1-11-7-14(19-6)18-9-12(11)8-13(10-22)17-20-15(2,3)16(4,5)21-17/h7-9,22H,10H2,1-6H3. The molecule has 0 bridgehead atoms. The average molecular weight is 321 g/mol. The molecule has 0 N–H and O–H groups in total. The maximum Gasteiger partial charge on any atom is 0.491 e. The molecule has 0 spiro atoms. The molecule has 0 amide bonds. The Labute approximate surface area is 138 Å². The molecule has 6 heteroatoms. The fourth-order valence-corrected chi connectivity index (χ4v) is 2.43. The molecule has 1 aliphatic heterocycles. The van der Waals surface area contributed by atoms with Crippen molar-refractivity contribution in [1.29, 1.82) is 0 Å². The van der Waals surface area contributed by atoms with Crippen LogP contribution in [0.15, 0.2) is 17.7 Å². The average Bonchev–Trinajstić information content (AvgIpc) is 2.65. The topological polar surface area (TPSA) is 40.6 Å². The van der Waals surface area contributed by atoms with Gasteiger partial charge in [-0.05, 0) is 51.2 Å². The van der Waals surface area contributed by atoms with Crippen molar-refractivity contribution in [3.05, 3.63) is 28.9 Å². The zero-order valence-electron chi connectivity index (χ0n) is 14.1. The molecule has 1 aliphatic rings. The van der Waals surface area contributed by atoms with Crippen LogP contribution in [0.5, 0.6) is 5.88 Å². The van der Waals surface area contributed by atoms with Crippen molar-refractivity contribution in [1.82, 2.24) is 4.98 Å². The molecular formula is C16H24BNO3S. The number of thiol groups is 1. The number of nitrogens with zero attached hydrogens (tertiary/aromatic N) is 1. The first kappa shape index (κ1) is 17.4. The van der Waals surface area contributed by atoms with Crippen molar-refractivity contribution < 1.29 is 14.0 Å². The van der Waals surface area contributed by atoms with Crippen molar-refractivity contribution in [3.8, 4) is 5.88 Å². The first-order chi connectivity index (χ1) is 10.2. The lowest BCUT2D eigenvalue weighted by molar-refractivity contribution is 0.00578. The number of hydrogen-bond acceptors (Lipinski definition) is 5. The van der Waals surface area contributed by atoms with Crippen LogP contribution in [-0.4, -0.2) is 36.2 Å². The van der Waals surface area contributed by atoms with Gasteiger partial charge < -0.3 is 14.0 Å². The molecular weight excluding hydrogens is 297 g/mol. The van der Waals surface area contributed by atoms with Crippen LogP contribution in [0.3, 0.4) is 0 Å². The van der Waals surface area contributed by atoms with E-state index >= 15 is 0 Å². The Morgan fingerprint density at radius 1 is 1.32 bits per heavy atom. The van der Waals surface area contributed by atoms with Crippen molar-refractivity contribution in [2.45, 2.75) is 45.8 Å². The highest BCUT2D eigenvalue weighted by Crippen LogP contribution is 2.39. The normalized spacial score (nSPS) is 20.3. The van der Waals surface area contributed by atoms with Crippen molar-refractivity contribution >= 4 is 25.8 Å². The van der Waals surface area contributed by atoms with E-state index in [0.717, 1.165) is 16.6 Å². The molecule has 0 unspecified atom stereocenters. The maximum absolute atomic E-state index is 6.09. The number of aryl methyl sites for hydroxylation is 1. The summed E-state index contributed by atoms with van der Waals surface area (Å²) < 4.78 is 17.3. The van der Waals surface area contributed by atoms with E-state index in [1.165, 1.54) is 0 Å². The fraction of sp³-hybridized carbons (Fsp3) is 0.562. The van der Waals surface area contributed by atoms with Gasteiger partial charge in [0.05, 0.1) is 18.3 Å². The zero-order chi connectivity index (χ0) is 16.5. The lowest BCUT2D eigenvalue weighted by Crippen LogP contribution is -2.41. The highest BCUT2D eigenvalue weighted by atomic mass is 32.1. The molecule has 2 heterocycles. The molecule has 1 saturated heterocycles. The van der Waals surface area contributed by atoms with Crippen LogP contribution < -0.4 is 4.74 Å². The highest BCUT2D eigenvalue weighted by molar-refractivity contribution is 7.80. The van der Waals surface area contributed by atoms with Gasteiger partial charge >= 0.3 is 7.12 Å². The monoisotopic (exact) mass is 321 g/mol. The summed E-state index contributed by atoms with van der Waals surface area (Å²) >= 11 is 4.43. The van der Waals surface area contributed by atoms with Gasteiger partial charge in [0.1, 0.15) is 0 Å². The lowest BCUT2D eigenvalue weighted by Gasteiger charge is -2.32. The molecule has 0 aromatic carbocycles. The number of methoxy groups -OCH3 is 1. The molecule has 0 radical (unpaired) electrons. The minimum absolute atomic E-state index is 0.354. The lowest BCUT2D eigenvalue weighted by atomic mass is 9.78. The Balaban J connectivity index is 2.29. The van der Waals surface area contributed by atoms with E-state index in [9.17, 15) is 0 Å². The van der Waals surface area contributed by atoms with Gasteiger partial charge in [-0.1, -0.05) is 6.08 Å². The van der Waals surface area contributed by atoms with Crippen LogP contribution in [0, 0.1) is 6.92 Å². The van der Waals surface area contributed by atoms with Crippen LogP contribution in [-0.2, 0) is 9.31 Å². The molecule has 1 aromatic rings. The SMILES string of the molecule is COc1cc(C)c(C=C(CS)B2OC(C)(C)C(C)(C)O2)cn1. The molecule has 0 atom stereocenters. The quantitative estimate of drug-likeness (QED) is 0.682. The molecule has 1 aromatic heterocycles. The summed E-state index contributed by atoms with van der Waals surface area (Å²) in [5.41, 5.74) is 2.37. The highest BCUT2D eigenvalue weighted by Gasteiger charge is 2.52. The largest absolute Gasteiger partial charge is 0.491 e. The Kier molecular flexibility index (Phi) is 4.95. The van der Waals surface area contributed by atoms with E-state index < -0.39 is 0 Å². The molecule has 22 heavy (non-hydrogen) atoms. The van der Waals surface area contributed by atoms with E-state index in [1.807, 2.05) is 46.8 Å². The Hall–Kier alpha value is -0.975. The van der Waals surface area contributed by atoms with Gasteiger partial charge in [0.2, 0.25) is 5.88 Å². The zero-order valence-corrected chi connectivity index (χ0v) is 15.0. The van der Waals surface area contributed by atoms with Gasteiger partial charge in [-0.3, -0.25) is 0 Å². The third-order valence-electron chi connectivity index (χ3n) is 4.41. The summed E-state index contributed by atoms with van der Waals surface area (Å²) in [6, 6.07) is 1.91. The number of rotatable bonds is 4. The van der Waals surface area contributed by atoms with Crippen LogP contribution in [0.25, 0.3) is 6.08 Å². The predicted molar refractivity (Wildman–Crippen MR) is 93.4 cm³/mol. The summed E-state index contributed by atoms with van der Waals surface area (Å²) in [5, 5.41) is 0. The van der Waals surface area contributed by atoms with Gasteiger partial charge in [0.15, 0.2) is 0 Å². The van der Waals surface area contributed by atoms with Gasteiger partial charge in [-0.15, -0.1) is 0 Å². The van der Waals surface area contributed by atoms with E-state index in [1.54, 1.807) is 13.3 Å². The second-order valence-electron chi connectivity index (χ2n) is 6.55. The fourth-order valence-electron chi connectivity index (χ4n) is 2.19. The van der Waals surface area contributed by atoms with Gasteiger partial charge in [0, 0.05) is 18.0 Å². The summed E-state index contributed by atoms with van der Waals surface area (Å²) in [4.78, 5) is 4.26. The molecule has 1 fully saturated rings. The molecule has 0 aliphatic carbocycles. The predicted octanol–water partition coefficient (Wildman–Crippen LogP) is 3.34. The molecule has 2 rings (SSSR count). The minimum atomic E-state index is -0.385.